The standard InChI is InChI=1S/C15H28O3S/c1-2-3-4-5-6-7-10-13-19-15(18)12-9-8-11-14(16)17/h2-13H2,1H3,(H,16,17). The van der Waals surface area contributed by atoms with Gasteiger partial charge in [-0.05, 0) is 19.3 Å². The molecule has 0 aromatic carbocycles. The molecule has 0 aliphatic carbocycles. The maximum absolute atomic E-state index is 11.5. The molecular weight excluding hydrogens is 260 g/mol. The Morgan fingerprint density at radius 3 is 2.05 bits per heavy atom. The molecule has 0 unspecified atom stereocenters. The summed E-state index contributed by atoms with van der Waals surface area (Å²) in [4.78, 5) is 21.8. The van der Waals surface area contributed by atoms with Gasteiger partial charge in [-0.3, -0.25) is 9.59 Å². The number of hydrogen-bond acceptors (Lipinski definition) is 3. The summed E-state index contributed by atoms with van der Waals surface area (Å²) >= 11 is 1.42. The van der Waals surface area contributed by atoms with Crippen LogP contribution in [0.4, 0.5) is 0 Å². The van der Waals surface area contributed by atoms with E-state index < -0.39 is 5.97 Å². The maximum Gasteiger partial charge on any atom is 0.303 e. The van der Waals surface area contributed by atoms with Crippen molar-refractivity contribution in [1.29, 1.82) is 0 Å². The van der Waals surface area contributed by atoms with Crippen LogP contribution >= 0.6 is 11.8 Å². The summed E-state index contributed by atoms with van der Waals surface area (Å²) in [6.45, 7) is 2.22. The third kappa shape index (κ3) is 15.4. The van der Waals surface area contributed by atoms with Gasteiger partial charge in [0.1, 0.15) is 0 Å². The molecule has 4 heteroatoms. The van der Waals surface area contributed by atoms with Gasteiger partial charge in [0.05, 0.1) is 0 Å². The first-order valence-corrected chi connectivity index (χ1v) is 8.52. The number of carboxylic acid groups (broad SMARTS) is 1. The van der Waals surface area contributed by atoms with E-state index in [0.29, 0.717) is 19.3 Å². The minimum Gasteiger partial charge on any atom is -0.481 e. The number of rotatable bonds is 13. The van der Waals surface area contributed by atoms with E-state index in [0.717, 1.165) is 12.2 Å². The summed E-state index contributed by atoms with van der Waals surface area (Å²) in [6.07, 6.45) is 10.9. The Kier molecular flexibility index (Phi) is 13.5. The molecule has 0 spiro atoms. The summed E-state index contributed by atoms with van der Waals surface area (Å²) in [5.41, 5.74) is 0. The molecule has 0 aliphatic heterocycles. The maximum atomic E-state index is 11.5. The molecule has 1 N–H and O–H groups in total. The van der Waals surface area contributed by atoms with Crippen molar-refractivity contribution in [2.45, 2.75) is 77.6 Å². The van der Waals surface area contributed by atoms with E-state index in [4.69, 9.17) is 5.11 Å². The number of carbonyl (C=O) groups excluding carboxylic acids is 1. The monoisotopic (exact) mass is 288 g/mol. The van der Waals surface area contributed by atoms with Crippen molar-refractivity contribution in [3.63, 3.8) is 0 Å². The van der Waals surface area contributed by atoms with Gasteiger partial charge in [-0.1, -0.05) is 57.2 Å². The molecule has 19 heavy (non-hydrogen) atoms. The highest BCUT2D eigenvalue weighted by Crippen LogP contribution is 2.14. The molecule has 112 valence electrons. The fourth-order valence-corrected chi connectivity index (χ4v) is 2.73. The Balaban J connectivity index is 3.18. The molecule has 0 heterocycles. The second-order valence-electron chi connectivity index (χ2n) is 4.94. The molecular formula is C15H28O3S. The molecule has 0 amide bonds. The minimum atomic E-state index is -0.775. The molecule has 0 rings (SSSR count). The number of carboxylic acids is 1. The van der Waals surface area contributed by atoms with Crippen LogP contribution in [0.5, 0.6) is 0 Å². The second-order valence-corrected chi connectivity index (χ2v) is 6.09. The summed E-state index contributed by atoms with van der Waals surface area (Å²) in [7, 11) is 0. The van der Waals surface area contributed by atoms with Crippen molar-refractivity contribution in [1.82, 2.24) is 0 Å². The van der Waals surface area contributed by atoms with Crippen molar-refractivity contribution >= 4 is 22.8 Å². The quantitative estimate of drug-likeness (QED) is 0.501. The molecule has 0 aromatic heterocycles. The zero-order chi connectivity index (χ0) is 14.3. The van der Waals surface area contributed by atoms with Crippen molar-refractivity contribution in [3.8, 4) is 0 Å². The average molecular weight is 288 g/mol. The first-order valence-electron chi connectivity index (χ1n) is 7.54. The van der Waals surface area contributed by atoms with E-state index in [1.54, 1.807) is 0 Å². The SMILES string of the molecule is CCCCCCCCCSC(=O)CCCCC(=O)O. The van der Waals surface area contributed by atoms with Crippen molar-refractivity contribution in [2.75, 3.05) is 5.75 Å². The summed E-state index contributed by atoms with van der Waals surface area (Å²) in [5.74, 6) is 0.147. The Morgan fingerprint density at radius 2 is 1.42 bits per heavy atom. The van der Waals surface area contributed by atoms with Crippen LogP contribution in [0, 0.1) is 0 Å². The normalized spacial score (nSPS) is 10.6. The number of carbonyl (C=O) groups is 2. The lowest BCUT2D eigenvalue weighted by Crippen LogP contribution is -1.97. The third-order valence-electron chi connectivity index (χ3n) is 3.03. The van der Waals surface area contributed by atoms with Crippen LogP contribution in [-0.4, -0.2) is 21.9 Å². The Labute approximate surface area is 121 Å². The number of unbranched alkanes of at least 4 members (excludes halogenated alkanes) is 7. The zero-order valence-electron chi connectivity index (χ0n) is 12.2. The predicted molar refractivity (Wildman–Crippen MR) is 81.6 cm³/mol. The average Bonchev–Trinajstić information content (AvgIpc) is 2.37. The fraction of sp³-hybridized carbons (Fsp3) is 0.867. The van der Waals surface area contributed by atoms with Gasteiger partial charge < -0.3 is 5.11 Å². The van der Waals surface area contributed by atoms with Gasteiger partial charge in [0, 0.05) is 18.6 Å². The van der Waals surface area contributed by atoms with E-state index in [1.807, 2.05) is 0 Å². The molecule has 0 radical (unpaired) electrons. The molecule has 0 bridgehead atoms. The Morgan fingerprint density at radius 1 is 0.842 bits per heavy atom. The van der Waals surface area contributed by atoms with Crippen molar-refractivity contribution < 1.29 is 14.7 Å². The molecule has 0 aromatic rings. The second kappa shape index (κ2) is 13.9. The predicted octanol–water partition coefficient (Wildman–Crippen LogP) is 4.64. The topological polar surface area (TPSA) is 54.4 Å². The van der Waals surface area contributed by atoms with Gasteiger partial charge in [-0.25, -0.2) is 0 Å². The van der Waals surface area contributed by atoms with Gasteiger partial charge in [0.15, 0.2) is 5.12 Å². The minimum absolute atomic E-state index is 0.176. The molecule has 0 saturated carbocycles. The number of thioether (sulfide) groups is 1. The van der Waals surface area contributed by atoms with Gasteiger partial charge >= 0.3 is 5.97 Å². The highest BCUT2D eigenvalue weighted by molar-refractivity contribution is 8.13. The summed E-state index contributed by atoms with van der Waals surface area (Å²) < 4.78 is 0. The van der Waals surface area contributed by atoms with Crippen LogP contribution in [0.25, 0.3) is 0 Å². The van der Waals surface area contributed by atoms with Crippen LogP contribution in [0.3, 0.4) is 0 Å². The van der Waals surface area contributed by atoms with Gasteiger partial charge in [-0.15, -0.1) is 0 Å². The highest BCUT2D eigenvalue weighted by Gasteiger charge is 2.03. The molecule has 3 nitrogen and oxygen atoms in total. The molecule has 0 fully saturated rings. The van der Waals surface area contributed by atoms with Crippen LogP contribution in [0.1, 0.15) is 77.6 Å². The van der Waals surface area contributed by atoms with E-state index in [-0.39, 0.29) is 11.5 Å². The van der Waals surface area contributed by atoms with Crippen LogP contribution < -0.4 is 0 Å². The molecule has 0 saturated heterocycles. The first kappa shape index (κ1) is 18.5. The number of aliphatic carboxylic acids is 1. The van der Waals surface area contributed by atoms with Gasteiger partial charge in [-0.2, -0.15) is 0 Å². The van der Waals surface area contributed by atoms with Crippen LogP contribution in [0.2, 0.25) is 0 Å². The van der Waals surface area contributed by atoms with E-state index in [9.17, 15) is 9.59 Å². The van der Waals surface area contributed by atoms with E-state index >= 15 is 0 Å². The van der Waals surface area contributed by atoms with E-state index in [1.165, 1.54) is 50.3 Å². The first-order chi connectivity index (χ1) is 9.16. The van der Waals surface area contributed by atoms with Gasteiger partial charge in [0.2, 0.25) is 0 Å². The van der Waals surface area contributed by atoms with E-state index in [2.05, 4.69) is 6.92 Å². The van der Waals surface area contributed by atoms with Crippen LogP contribution in [0.15, 0.2) is 0 Å². The summed E-state index contributed by atoms with van der Waals surface area (Å²) in [5, 5.41) is 8.69. The third-order valence-corrected chi connectivity index (χ3v) is 4.05. The Hall–Kier alpha value is -0.510. The lowest BCUT2D eigenvalue weighted by molar-refractivity contribution is -0.137. The lowest BCUT2D eigenvalue weighted by atomic mass is 10.1. The van der Waals surface area contributed by atoms with Crippen molar-refractivity contribution in [2.24, 2.45) is 0 Å². The van der Waals surface area contributed by atoms with Crippen molar-refractivity contribution in [3.05, 3.63) is 0 Å². The Bertz CT molecular complexity index is 242. The summed E-state index contributed by atoms with van der Waals surface area (Å²) in [6, 6.07) is 0. The molecule has 0 atom stereocenters. The van der Waals surface area contributed by atoms with Crippen LogP contribution in [-0.2, 0) is 9.59 Å². The van der Waals surface area contributed by atoms with Gasteiger partial charge in [0.25, 0.3) is 0 Å². The molecule has 0 aliphatic rings. The smallest absolute Gasteiger partial charge is 0.303 e. The fourth-order valence-electron chi connectivity index (χ4n) is 1.86. The zero-order valence-corrected chi connectivity index (χ0v) is 13.0. The lowest BCUT2D eigenvalue weighted by Gasteiger charge is -2.02. The highest BCUT2D eigenvalue weighted by atomic mass is 32.2. The largest absolute Gasteiger partial charge is 0.481 e. The number of hydrogen-bond donors (Lipinski definition) is 1.